The van der Waals surface area contributed by atoms with Crippen molar-refractivity contribution in [2.24, 2.45) is 0 Å². The highest BCUT2D eigenvalue weighted by molar-refractivity contribution is 6.35. The zero-order valence-corrected chi connectivity index (χ0v) is 11.3. The van der Waals surface area contributed by atoms with E-state index in [1.807, 2.05) is 0 Å². The molecule has 1 aliphatic rings. The second-order valence-corrected chi connectivity index (χ2v) is 4.81. The van der Waals surface area contributed by atoms with E-state index in [4.69, 9.17) is 0 Å². The molecule has 112 valence electrons. The summed E-state index contributed by atoms with van der Waals surface area (Å²) >= 11 is 0. The first-order valence-electron chi connectivity index (χ1n) is 6.47. The number of fused-ring (bicyclic) bond motifs is 2. The number of carbonyl (C=O) groups is 2. The highest BCUT2D eigenvalue weighted by Gasteiger charge is 2.40. The number of amides is 2. The molecule has 23 heavy (non-hydrogen) atoms. The van der Waals surface area contributed by atoms with Gasteiger partial charge in [-0.05, 0) is 34.6 Å². The summed E-state index contributed by atoms with van der Waals surface area (Å²) in [4.78, 5) is 36.4. The van der Waals surface area contributed by atoms with Crippen LogP contribution in [0.15, 0.2) is 41.0 Å². The third kappa shape index (κ3) is 1.67. The third-order valence-electron chi connectivity index (χ3n) is 3.60. The van der Waals surface area contributed by atoms with Crippen LogP contribution in [0.25, 0.3) is 11.0 Å². The molecule has 0 radical (unpaired) electrons. The number of hydrogen-bond donors (Lipinski definition) is 0. The van der Waals surface area contributed by atoms with Crippen molar-refractivity contribution in [3.63, 3.8) is 0 Å². The first-order valence-corrected chi connectivity index (χ1v) is 6.47. The van der Waals surface area contributed by atoms with Crippen molar-refractivity contribution < 1.29 is 19.1 Å². The van der Waals surface area contributed by atoms with Gasteiger partial charge in [0.15, 0.2) is 0 Å². The van der Waals surface area contributed by atoms with Crippen LogP contribution in [0.2, 0.25) is 0 Å². The number of anilines is 1. The number of imide groups is 1. The zero-order chi connectivity index (χ0) is 16.1. The number of hydrogen-bond acceptors (Lipinski definition) is 7. The topological polar surface area (TPSA) is 119 Å². The number of nitrogens with zero attached hydrogens (tertiary/aromatic N) is 4. The molecule has 2 amide bonds. The summed E-state index contributed by atoms with van der Waals surface area (Å²) in [6.07, 6.45) is 0. The lowest BCUT2D eigenvalue weighted by Gasteiger charge is -2.13. The third-order valence-corrected chi connectivity index (χ3v) is 3.60. The fourth-order valence-corrected chi connectivity index (χ4v) is 2.60. The predicted octanol–water partition coefficient (Wildman–Crippen LogP) is 1.93. The molecule has 0 spiro atoms. The Morgan fingerprint density at radius 3 is 2.26 bits per heavy atom. The van der Waals surface area contributed by atoms with Crippen molar-refractivity contribution in [3.8, 4) is 0 Å². The van der Waals surface area contributed by atoms with Gasteiger partial charge in [0, 0.05) is 0 Å². The van der Waals surface area contributed by atoms with E-state index in [0.717, 1.165) is 4.90 Å². The molecule has 0 unspecified atom stereocenters. The molecule has 0 bridgehead atoms. The molecule has 0 fully saturated rings. The Labute approximate surface area is 127 Å². The second-order valence-electron chi connectivity index (χ2n) is 4.81. The summed E-state index contributed by atoms with van der Waals surface area (Å²) in [5.74, 6) is -1.24. The molecule has 0 N–H and O–H groups in total. The van der Waals surface area contributed by atoms with Gasteiger partial charge in [-0.1, -0.05) is 12.1 Å². The van der Waals surface area contributed by atoms with Crippen molar-refractivity contribution in [1.82, 2.24) is 10.3 Å². The summed E-state index contributed by atoms with van der Waals surface area (Å²) < 4.78 is 4.50. The van der Waals surface area contributed by atoms with Crippen molar-refractivity contribution in [2.75, 3.05) is 4.90 Å². The number of carbonyl (C=O) groups excluding carboxylic acids is 2. The molecule has 9 nitrogen and oxygen atoms in total. The number of nitro benzene ring substituents is 1. The van der Waals surface area contributed by atoms with Crippen molar-refractivity contribution in [2.45, 2.75) is 0 Å². The van der Waals surface area contributed by atoms with Gasteiger partial charge < -0.3 is 0 Å². The predicted molar refractivity (Wildman–Crippen MR) is 76.0 cm³/mol. The fraction of sp³-hybridized carbons (Fsp3) is 0. The van der Waals surface area contributed by atoms with Gasteiger partial charge in [0.05, 0.1) is 16.1 Å². The van der Waals surface area contributed by atoms with Gasteiger partial charge in [-0.3, -0.25) is 19.7 Å². The van der Waals surface area contributed by atoms with Crippen LogP contribution in [0.4, 0.5) is 11.4 Å². The Hall–Kier alpha value is -3.62. The molecule has 4 rings (SSSR count). The fourth-order valence-electron chi connectivity index (χ4n) is 2.60. The first kappa shape index (κ1) is 13.1. The van der Waals surface area contributed by atoms with Crippen LogP contribution >= 0.6 is 0 Å². The minimum absolute atomic E-state index is 0.121. The van der Waals surface area contributed by atoms with E-state index in [2.05, 4.69) is 14.9 Å². The number of benzene rings is 2. The van der Waals surface area contributed by atoms with Crippen LogP contribution in [0.5, 0.6) is 0 Å². The number of nitro groups is 1. The van der Waals surface area contributed by atoms with Gasteiger partial charge in [-0.25, -0.2) is 9.53 Å². The summed E-state index contributed by atoms with van der Waals surface area (Å²) in [5.41, 5.74) is -0.223. The molecule has 2 aromatic carbocycles. The van der Waals surface area contributed by atoms with Gasteiger partial charge in [0.1, 0.15) is 11.2 Å². The highest BCUT2D eigenvalue weighted by Crippen LogP contribution is 2.38. The molecule has 0 aliphatic carbocycles. The van der Waals surface area contributed by atoms with E-state index in [1.54, 1.807) is 12.1 Å². The van der Waals surface area contributed by atoms with Crippen molar-refractivity contribution in [3.05, 3.63) is 57.6 Å². The van der Waals surface area contributed by atoms with Gasteiger partial charge in [0.25, 0.3) is 11.8 Å². The van der Waals surface area contributed by atoms with E-state index < -0.39 is 22.4 Å². The lowest BCUT2D eigenvalue weighted by Crippen LogP contribution is -2.30. The molecule has 3 aromatic rings. The Balaban J connectivity index is 1.98. The molecular formula is C14H6N4O5. The van der Waals surface area contributed by atoms with Gasteiger partial charge in [-0.2, -0.15) is 0 Å². The lowest BCUT2D eigenvalue weighted by atomic mass is 10.1. The highest BCUT2D eigenvalue weighted by atomic mass is 16.6. The Bertz CT molecular complexity index is 974. The molecule has 0 saturated heterocycles. The van der Waals surface area contributed by atoms with Crippen LogP contribution < -0.4 is 4.90 Å². The molecular weight excluding hydrogens is 304 g/mol. The van der Waals surface area contributed by atoms with Crippen molar-refractivity contribution in [1.29, 1.82) is 0 Å². The monoisotopic (exact) mass is 310 g/mol. The van der Waals surface area contributed by atoms with Crippen LogP contribution in [-0.4, -0.2) is 27.1 Å². The SMILES string of the molecule is O=C1c2ccccc2C(=O)N1c1ccc2nonc2c1[N+](=O)[O-]. The summed E-state index contributed by atoms with van der Waals surface area (Å²) in [5, 5.41) is 18.4. The van der Waals surface area contributed by atoms with Gasteiger partial charge in [-0.15, -0.1) is 0 Å². The minimum atomic E-state index is -0.717. The molecule has 1 aromatic heterocycles. The van der Waals surface area contributed by atoms with Crippen LogP contribution in [0, 0.1) is 10.1 Å². The maximum atomic E-state index is 12.5. The van der Waals surface area contributed by atoms with E-state index in [0.29, 0.717) is 0 Å². The summed E-state index contributed by atoms with van der Waals surface area (Å²) in [6.45, 7) is 0. The first-order chi connectivity index (χ1) is 11.1. The molecule has 2 heterocycles. The quantitative estimate of drug-likeness (QED) is 0.403. The largest absolute Gasteiger partial charge is 0.324 e. The van der Waals surface area contributed by atoms with Crippen LogP contribution in [-0.2, 0) is 0 Å². The van der Waals surface area contributed by atoms with E-state index in [9.17, 15) is 19.7 Å². The molecule has 0 saturated carbocycles. The minimum Gasteiger partial charge on any atom is -0.268 e. The summed E-state index contributed by atoms with van der Waals surface area (Å²) in [6, 6.07) is 8.92. The van der Waals surface area contributed by atoms with Crippen LogP contribution in [0.1, 0.15) is 20.7 Å². The molecule has 9 heteroatoms. The van der Waals surface area contributed by atoms with Crippen molar-refractivity contribution >= 4 is 34.2 Å². The average Bonchev–Trinajstić information content (AvgIpc) is 3.11. The van der Waals surface area contributed by atoms with Crippen LogP contribution in [0.3, 0.4) is 0 Å². The Morgan fingerprint density at radius 2 is 1.65 bits per heavy atom. The second kappa shape index (κ2) is 4.44. The maximum absolute atomic E-state index is 12.5. The molecule has 1 aliphatic heterocycles. The van der Waals surface area contributed by atoms with Gasteiger partial charge >= 0.3 is 5.69 Å². The number of rotatable bonds is 2. The maximum Gasteiger partial charge on any atom is 0.324 e. The standard InChI is InChI=1S/C14H6N4O5/c19-13-7-3-1-2-4-8(7)14(20)17(13)10-6-5-9-11(16-23-15-9)12(10)18(21)22/h1-6H. The Morgan fingerprint density at radius 1 is 1.00 bits per heavy atom. The van der Waals surface area contributed by atoms with E-state index >= 15 is 0 Å². The average molecular weight is 310 g/mol. The normalized spacial score (nSPS) is 13.7. The van der Waals surface area contributed by atoms with E-state index in [1.165, 1.54) is 24.3 Å². The number of aromatic nitrogens is 2. The van der Waals surface area contributed by atoms with E-state index in [-0.39, 0.29) is 27.8 Å². The van der Waals surface area contributed by atoms with Gasteiger partial charge in [0.2, 0.25) is 5.52 Å². The summed E-state index contributed by atoms with van der Waals surface area (Å²) in [7, 11) is 0. The molecule has 0 atom stereocenters. The Kier molecular flexibility index (Phi) is 2.52. The lowest BCUT2D eigenvalue weighted by molar-refractivity contribution is -0.382. The zero-order valence-electron chi connectivity index (χ0n) is 11.3. The smallest absolute Gasteiger partial charge is 0.268 e.